The van der Waals surface area contributed by atoms with Crippen LogP contribution in [0, 0.1) is 0 Å². The summed E-state index contributed by atoms with van der Waals surface area (Å²) in [6, 6.07) is 0. The molecule has 0 spiro atoms. The van der Waals surface area contributed by atoms with E-state index in [4.69, 9.17) is 11.6 Å². The highest BCUT2D eigenvalue weighted by Crippen LogP contribution is 2.07. The minimum absolute atomic E-state index is 0.273. The van der Waals surface area contributed by atoms with Crippen LogP contribution in [-0.2, 0) is 4.79 Å². The van der Waals surface area contributed by atoms with Crippen molar-refractivity contribution in [3.63, 3.8) is 0 Å². The predicted molar refractivity (Wildman–Crippen MR) is 39.5 cm³/mol. The van der Waals surface area contributed by atoms with Gasteiger partial charge in [0.05, 0.1) is 0 Å². The standard InChI is InChI=1S/C7H11ClO/c1-3-6(4-2)5-7(8)9/h3H,4-5H2,1-2H3. The van der Waals surface area contributed by atoms with Crippen LogP contribution in [0.4, 0.5) is 0 Å². The van der Waals surface area contributed by atoms with Gasteiger partial charge in [0.15, 0.2) is 0 Å². The van der Waals surface area contributed by atoms with E-state index in [1.54, 1.807) is 0 Å². The SMILES string of the molecule is CC=C(CC)CC(=O)Cl. The van der Waals surface area contributed by atoms with Gasteiger partial charge in [0.2, 0.25) is 5.24 Å². The maximum atomic E-state index is 10.3. The molecule has 0 aliphatic carbocycles. The van der Waals surface area contributed by atoms with Gasteiger partial charge in [-0.1, -0.05) is 18.6 Å². The normalized spacial score (nSPS) is 11.7. The van der Waals surface area contributed by atoms with Crippen LogP contribution >= 0.6 is 11.6 Å². The van der Waals surface area contributed by atoms with Gasteiger partial charge in [-0.3, -0.25) is 4.79 Å². The monoisotopic (exact) mass is 146 g/mol. The van der Waals surface area contributed by atoms with Gasteiger partial charge < -0.3 is 0 Å². The molecule has 0 aliphatic heterocycles. The summed E-state index contributed by atoms with van der Waals surface area (Å²) in [4.78, 5) is 10.3. The van der Waals surface area contributed by atoms with Crippen molar-refractivity contribution in [1.82, 2.24) is 0 Å². The maximum absolute atomic E-state index is 10.3. The van der Waals surface area contributed by atoms with Crippen molar-refractivity contribution in [3.8, 4) is 0 Å². The topological polar surface area (TPSA) is 17.1 Å². The van der Waals surface area contributed by atoms with Gasteiger partial charge in [-0.2, -0.15) is 0 Å². The molecular formula is C7H11ClO. The molecule has 52 valence electrons. The minimum Gasteiger partial charge on any atom is -0.281 e. The second kappa shape index (κ2) is 4.57. The Kier molecular flexibility index (Phi) is 4.41. The summed E-state index contributed by atoms with van der Waals surface area (Å²) in [5.74, 6) is 0. The summed E-state index contributed by atoms with van der Waals surface area (Å²) in [7, 11) is 0. The highest BCUT2D eigenvalue weighted by atomic mass is 35.5. The zero-order chi connectivity index (χ0) is 7.28. The lowest BCUT2D eigenvalue weighted by Crippen LogP contribution is -1.88. The first-order valence-electron chi connectivity index (χ1n) is 3.03. The molecule has 0 rings (SSSR count). The molecule has 0 saturated carbocycles. The summed E-state index contributed by atoms with van der Waals surface area (Å²) in [6.07, 6.45) is 3.24. The number of allylic oxidation sites excluding steroid dienone is 2. The van der Waals surface area contributed by atoms with E-state index < -0.39 is 0 Å². The van der Waals surface area contributed by atoms with Crippen LogP contribution in [0.3, 0.4) is 0 Å². The summed E-state index contributed by atoms with van der Waals surface area (Å²) in [5, 5.41) is -0.273. The number of carbonyl (C=O) groups excluding carboxylic acids is 1. The average molecular weight is 147 g/mol. The van der Waals surface area contributed by atoms with Crippen molar-refractivity contribution in [1.29, 1.82) is 0 Å². The van der Waals surface area contributed by atoms with Crippen molar-refractivity contribution >= 4 is 16.8 Å². The van der Waals surface area contributed by atoms with Crippen LogP contribution in [0.2, 0.25) is 0 Å². The third-order valence-electron chi connectivity index (χ3n) is 1.23. The van der Waals surface area contributed by atoms with Crippen LogP contribution in [-0.4, -0.2) is 5.24 Å². The van der Waals surface area contributed by atoms with Crippen molar-refractivity contribution in [2.45, 2.75) is 26.7 Å². The highest BCUT2D eigenvalue weighted by molar-refractivity contribution is 6.63. The van der Waals surface area contributed by atoms with Crippen molar-refractivity contribution in [2.75, 3.05) is 0 Å². The van der Waals surface area contributed by atoms with Gasteiger partial charge in [0.25, 0.3) is 0 Å². The predicted octanol–water partition coefficient (Wildman–Crippen LogP) is 2.50. The van der Waals surface area contributed by atoms with Gasteiger partial charge in [-0.15, -0.1) is 0 Å². The number of carbonyl (C=O) groups is 1. The van der Waals surface area contributed by atoms with Crippen LogP contribution in [0.15, 0.2) is 11.6 Å². The molecule has 0 bridgehead atoms. The molecule has 0 amide bonds. The van der Waals surface area contributed by atoms with Crippen LogP contribution in [0.25, 0.3) is 0 Å². The molecule has 0 saturated heterocycles. The number of rotatable bonds is 3. The summed E-state index contributed by atoms with van der Waals surface area (Å²) >= 11 is 5.15. The third-order valence-corrected chi connectivity index (χ3v) is 1.36. The molecule has 0 heterocycles. The Morgan fingerprint density at radius 1 is 1.67 bits per heavy atom. The van der Waals surface area contributed by atoms with Crippen molar-refractivity contribution < 1.29 is 4.79 Å². The van der Waals surface area contributed by atoms with E-state index in [0.717, 1.165) is 12.0 Å². The molecule has 0 aromatic rings. The van der Waals surface area contributed by atoms with E-state index in [9.17, 15) is 4.79 Å². The fraction of sp³-hybridized carbons (Fsp3) is 0.571. The van der Waals surface area contributed by atoms with E-state index in [1.165, 1.54) is 0 Å². The third kappa shape index (κ3) is 4.22. The zero-order valence-corrected chi connectivity index (χ0v) is 6.53. The van der Waals surface area contributed by atoms with E-state index in [0.29, 0.717) is 6.42 Å². The molecule has 2 heteroatoms. The maximum Gasteiger partial charge on any atom is 0.225 e. The molecule has 0 aliphatic rings. The van der Waals surface area contributed by atoms with Crippen molar-refractivity contribution in [3.05, 3.63) is 11.6 Å². The fourth-order valence-electron chi connectivity index (χ4n) is 0.610. The lowest BCUT2D eigenvalue weighted by molar-refractivity contribution is -0.111. The minimum atomic E-state index is -0.273. The molecule has 0 atom stereocenters. The fourth-order valence-corrected chi connectivity index (χ4v) is 0.781. The van der Waals surface area contributed by atoms with E-state index >= 15 is 0 Å². The Labute approximate surface area is 60.7 Å². The number of halogens is 1. The van der Waals surface area contributed by atoms with Gasteiger partial charge in [-0.05, 0) is 24.9 Å². The van der Waals surface area contributed by atoms with Crippen molar-refractivity contribution in [2.24, 2.45) is 0 Å². The first-order valence-corrected chi connectivity index (χ1v) is 3.40. The Balaban J connectivity index is 3.71. The van der Waals surface area contributed by atoms with Gasteiger partial charge in [-0.25, -0.2) is 0 Å². The number of hydrogen-bond acceptors (Lipinski definition) is 1. The summed E-state index contributed by atoms with van der Waals surface area (Å²) in [6.45, 7) is 3.92. The molecular weight excluding hydrogens is 136 g/mol. The molecule has 0 N–H and O–H groups in total. The van der Waals surface area contributed by atoms with E-state index in [1.807, 2.05) is 19.9 Å². The quantitative estimate of drug-likeness (QED) is 0.442. The molecule has 0 radical (unpaired) electrons. The summed E-state index contributed by atoms with van der Waals surface area (Å²) < 4.78 is 0. The zero-order valence-electron chi connectivity index (χ0n) is 5.78. The molecule has 0 aromatic carbocycles. The smallest absolute Gasteiger partial charge is 0.225 e. The second-order valence-electron chi connectivity index (χ2n) is 1.83. The lowest BCUT2D eigenvalue weighted by Gasteiger charge is -1.95. The Morgan fingerprint density at radius 2 is 2.22 bits per heavy atom. The Morgan fingerprint density at radius 3 is 2.33 bits per heavy atom. The second-order valence-corrected chi connectivity index (χ2v) is 2.25. The molecule has 0 fully saturated rings. The van der Waals surface area contributed by atoms with Crippen LogP contribution < -0.4 is 0 Å². The Hall–Kier alpha value is -0.300. The molecule has 9 heavy (non-hydrogen) atoms. The van der Waals surface area contributed by atoms with E-state index in [-0.39, 0.29) is 5.24 Å². The molecule has 0 unspecified atom stereocenters. The Bertz CT molecular complexity index is 127. The first-order chi connectivity index (χ1) is 4.20. The average Bonchev–Trinajstić information content (AvgIpc) is 1.82. The van der Waals surface area contributed by atoms with Gasteiger partial charge >= 0.3 is 0 Å². The molecule has 1 nitrogen and oxygen atoms in total. The lowest BCUT2D eigenvalue weighted by atomic mass is 10.1. The van der Waals surface area contributed by atoms with Gasteiger partial charge in [0.1, 0.15) is 0 Å². The van der Waals surface area contributed by atoms with Gasteiger partial charge in [0, 0.05) is 6.42 Å². The van der Waals surface area contributed by atoms with E-state index in [2.05, 4.69) is 0 Å². The largest absolute Gasteiger partial charge is 0.281 e. The highest BCUT2D eigenvalue weighted by Gasteiger charge is 1.97. The number of hydrogen-bond donors (Lipinski definition) is 0. The van der Waals surface area contributed by atoms with Crippen LogP contribution in [0.1, 0.15) is 26.7 Å². The van der Waals surface area contributed by atoms with Crippen LogP contribution in [0.5, 0.6) is 0 Å². The molecule has 0 aromatic heterocycles. The first kappa shape index (κ1) is 8.70. The summed E-state index contributed by atoms with van der Waals surface area (Å²) in [5.41, 5.74) is 1.11.